The van der Waals surface area contributed by atoms with E-state index in [0.29, 0.717) is 23.2 Å². The largest absolute Gasteiger partial charge is 0.366 e. The van der Waals surface area contributed by atoms with Crippen molar-refractivity contribution in [3.63, 3.8) is 0 Å². The molecule has 1 aliphatic rings. The zero-order valence-corrected chi connectivity index (χ0v) is 9.53. The van der Waals surface area contributed by atoms with Gasteiger partial charge in [-0.3, -0.25) is 0 Å². The molecule has 1 heterocycles. The van der Waals surface area contributed by atoms with Crippen LogP contribution in [0, 0.1) is 18.3 Å². The highest BCUT2D eigenvalue weighted by molar-refractivity contribution is 5.51. The summed E-state index contributed by atoms with van der Waals surface area (Å²) >= 11 is 0. The Hall–Kier alpha value is -1.63. The van der Waals surface area contributed by atoms with Gasteiger partial charge in [0.2, 0.25) is 0 Å². The van der Waals surface area contributed by atoms with Gasteiger partial charge in [-0.25, -0.2) is 9.97 Å². The molecule has 0 bridgehead atoms. The molecule has 1 fully saturated rings. The molecule has 1 N–H and O–H groups in total. The molecule has 84 valence electrons. The molecule has 1 saturated carbocycles. The fourth-order valence-electron chi connectivity index (χ4n) is 2.10. The standard InChI is InChI=1S/C12H16N4/c1-9-14-8-10(7-13)12(15-9)16-11-5-3-2-4-6-11/h8,11H,2-6H2,1H3,(H,14,15,16). The maximum absolute atomic E-state index is 8.97. The summed E-state index contributed by atoms with van der Waals surface area (Å²) in [6, 6.07) is 2.59. The summed E-state index contributed by atoms with van der Waals surface area (Å²) in [6.07, 6.45) is 7.80. The fourth-order valence-corrected chi connectivity index (χ4v) is 2.10. The van der Waals surface area contributed by atoms with Crippen LogP contribution in [0.4, 0.5) is 5.82 Å². The zero-order valence-electron chi connectivity index (χ0n) is 9.53. The van der Waals surface area contributed by atoms with E-state index in [4.69, 9.17) is 5.26 Å². The molecule has 0 radical (unpaired) electrons. The first-order valence-corrected chi connectivity index (χ1v) is 5.80. The first-order valence-electron chi connectivity index (χ1n) is 5.80. The van der Waals surface area contributed by atoms with Crippen LogP contribution in [0.1, 0.15) is 43.5 Å². The summed E-state index contributed by atoms with van der Waals surface area (Å²) in [7, 11) is 0. The van der Waals surface area contributed by atoms with Crippen molar-refractivity contribution in [1.82, 2.24) is 9.97 Å². The molecule has 0 aliphatic heterocycles. The van der Waals surface area contributed by atoms with Crippen LogP contribution in [-0.2, 0) is 0 Å². The van der Waals surface area contributed by atoms with Gasteiger partial charge in [-0.2, -0.15) is 5.26 Å². The minimum atomic E-state index is 0.468. The summed E-state index contributed by atoms with van der Waals surface area (Å²) in [6.45, 7) is 1.84. The molecule has 1 aromatic rings. The molecule has 4 nitrogen and oxygen atoms in total. The number of anilines is 1. The van der Waals surface area contributed by atoms with Crippen molar-refractivity contribution in [1.29, 1.82) is 5.26 Å². The number of hydrogen-bond acceptors (Lipinski definition) is 4. The predicted molar refractivity (Wildman–Crippen MR) is 62.0 cm³/mol. The van der Waals surface area contributed by atoms with Gasteiger partial charge in [0, 0.05) is 6.04 Å². The van der Waals surface area contributed by atoms with E-state index < -0.39 is 0 Å². The monoisotopic (exact) mass is 216 g/mol. The second kappa shape index (κ2) is 4.93. The third-order valence-electron chi connectivity index (χ3n) is 2.98. The van der Waals surface area contributed by atoms with Gasteiger partial charge in [0.25, 0.3) is 0 Å². The summed E-state index contributed by atoms with van der Waals surface area (Å²) in [5, 5.41) is 12.3. The summed E-state index contributed by atoms with van der Waals surface area (Å²) in [4.78, 5) is 8.32. The van der Waals surface area contributed by atoms with Crippen LogP contribution >= 0.6 is 0 Å². The quantitative estimate of drug-likeness (QED) is 0.824. The molecule has 0 unspecified atom stereocenters. The minimum absolute atomic E-state index is 0.468. The number of nitrogens with one attached hydrogen (secondary N) is 1. The first-order chi connectivity index (χ1) is 7.79. The molecule has 4 heteroatoms. The summed E-state index contributed by atoms with van der Waals surface area (Å²) in [5.41, 5.74) is 0.538. The average Bonchev–Trinajstić information content (AvgIpc) is 2.31. The van der Waals surface area contributed by atoms with Gasteiger partial charge in [-0.05, 0) is 19.8 Å². The van der Waals surface area contributed by atoms with E-state index >= 15 is 0 Å². The number of nitriles is 1. The Balaban J connectivity index is 2.13. The number of aromatic nitrogens is 2. The van der Waals surface area contributed by atoms with Crippen LogP contribution in [-0.4, -0.2) is 16.0 Å². The Labute approximate surface area is 95.7 Å². The minimum Gasteiger partial charge on any atom is -0.366 e. The zero-order chi connectivity index (χ0) is 11.4. The van der Waals surface area contributed by atoms with Gasteiger partial charge >= 0.3 is 0 Å². The van der Waals surface area contributed by atoms with Crippen molar-refractivity contribution in [3.8, 4) is 6.07 Å². The van der Waals surface area contributed by atoms with Crippen LogP contribution in [0.2, 0.25) is 0 Å². The van der Waals surface area contributed by atoms with Gasteiger partial charge in [0.05, 0.1) is 6.20 Å². The normalized spacial score (nSPS) is 16.8. The lowest BCUT2D eigenvalue weighted by Crippen LogP contribution is -2.23. The molecular weight excluding hydrogens is 200 g/mol. The summed E-state index contributed by atoms with van der Waals surface area (Å²) in [5.74, 6) is 1.40. The van der Waals surface area contributed by atoms with Crippen molar-refractivity contribution in [2.75, 3.05) is 5.32 Å². The molecule has 16 heavy (non-hydrogen) atoms. The number of nitrogens with zero attached hydrogens (tertiary/aromatic N) is 3. The molecule has 2 rings (SSSR count). The van der Waals surface area contributed by atoms with Crippen molar-refractivity contribution in [3.05, 3.63) is 17.6 Å². The maximum atomic E-state index is 8.97. The van der Waals surface area contributed by atoms with E-state index in [2.05, 4.69) is 21.4 Å². The Morgan fingerprint density at radius 3 is 2.81 bits per heavy atom. The molecule has 0 atom stereocenters. The van der Waals surface area contributed by atoms with E-state index in [-0.39, 0.29) is 0 Å². The molecule has 0 amide bonds. The SMILES string of the molecule is Cc1ncc(C#N)c(NC2CCCCC2)n1. The Kier molecular flexibility index (Phi) is 3.35. The highest BCUT2D eigenvalue weighted by Gasteiger charge is 2.15. The van der Waals surface area contributed by atoms with Crippen LogP contribution in [0.3, 0.4) is 0 Å². The second-order valence-corrected chi connectivity index (χ2v) is 4.27. The third kappa shape index (κ3) is 2.48. The molecule has 1 aromatic heterocycles. The Bertz CT molecular complexity index is 402. The average molecular weight is 216 g/mol. The lowest BCUT2D eigenvalue weighted by Gasteiger charge is -2.23. The smallest absolute Gasteiger partial charge is 0.147 e. The van der Waals surface area contributed by atoms with Gasteiger partial charge in [-0.1, -0.05) is 19.3 Å². The summed E-state index contributed by atoms with van der Waals surface area (Å²) < 4.78 is 0. The van der Waals surface area contributed by atoms with Gasteiger partial charge in [-0.15, -0.1) is 0 Å². The second-order valence-electron chi connectivity index (χ2n) is 4.27. The fraction of sp³-hybridized carbons (Fsp3) is 0.583. The number of aryl methyl sites for hydroxylation is 1. The number of rotatable bonds is 2. The van der Waals surface area contributed by atoms with E-state index in [9.17, 15) is 0 Å². The van der Waals surface area contributed by atoms with Crippen molar-refractivity contribution in [2.24, 2.45) is 0 Å². The Morgan fingerprint density at radius 2 is 2.12 bits per heavy atom. The van der Waals surface area contributed by atoms with Crippen molar-refractivity contribution >= 4 is 5.82 Å². The maximum Gasteiger partial charge on any atom is 0.147 e. The van der Waals surface area contributed by atoms with E-state index in [1.807, 2.05) is 6.92 Å². The molecule has 0 spiro atoms. The predicted octanol–water partition coefficient (Wildman–Crippen LogP) is 2.40. The lowest BCUT2D eigenvalue weighted by atomic mass is 9.95. The van der Waals surface area contributed by atoms with Crippen LogP contribution < -0.4 is 5.32 Å². The van der Waals surface area contributed by atoms with E-state index in [1.165, 1.54) is 32.1 Å². The van der Waals surface area contributed by atoms with Crippen LogP contribution in [0.5, 0.6) is 0 Å². The first kappa shape index (κ1) is 10.9. The van der Waals surface area contributed by atoms with Gasteiger partial charge < -0.3 is 5.32 Å². The van der Waals surface area contributed by atoms with Crippen molar-refractivity contribution in [2.45, 2.75) is 45.1 Å². The highest BCUT2D eigenvalue weighted by atomic mass is 15.0. The molecule has 1 aliphatic carbocycles. The van der Waals surface area contributed by atoms with E-state index in [0.717, 1.165) is 0 Å². The molecular formula is C12H16N4. The third-order valence-corrected chi connectivity index (χ3v) is 2.98. The van der Waals surface area contributed by atoms with Gasteiger partial charge in [0.15, 0.2) is 0 Å². The van der Waals surface area contributed by atoms with Crippen LogP contribution in [0.15, 0.2) is 6.20 Å². The Morgan fingerprint density at radius 1 is 1.38 bits per heavy atom. The number of hydrogen-bond donors (Lipinski definition) is 1. The van der Waals surface area contributed by atoms with E-state index in [1.54, 1.807) is 6.20 Å². The molecule has 0 saturated heterocycles. The van der Waals surface area contributed by atoms with Crippen LogP contribution in [0.25, 0.3) is 0 Å². The van der Waals surface area contributed by atoms with Gasteiger partial charge in [0.1, 0.15) is 23.3 Å². The van der Waals surface area contributed by atoms with Crippen molar-refractivity contribution < 1.29 is 0 Å². The molecule has 0 aromatic carbocycles. The highest BCUT2D eigenvalue weighted by Crippen LogP contribution is 2.22. The lowest BCUT2D eigenvalue weighted by molar-refractivity contribution is 0.461. The topological polar surface area (TPSA) is 61.6 Å².